The van der Waals surface area contributed by atoms with Crippen LogP contribution in [0.5, 0.6) is 5.75 Å². The highest BCUT2D eigenvalue weighted by Crippen LogP contribution is 2.26. The standard InChI is InChI=1S/C23H24O3/c1-16(2)22(24)26-23(3,4)11-12-25-21-10-9-19-13-17-7-5-6-8-18(17)14-20(19)15-21/h5-10,13-15H,1,11-12H2,2-4H3. The van der Waals surface area contributed by atoms with Gasteiger partial charge in [-0.05, 0) is 66.6 Å². The average molecular weight is 348 g/mol. The van der Waals surface area contributed by atoms with Crippen molar-refractivity contribution in [1.29, 1.82) is 0 Å². The average Bonchev–Trinajstić information content (AvgIpc) is 2.59. The van der Waals surface area contributed by atoms with Crippen LogP contribution >= 0.6 is 0 Å². The summed E-state index contributed by atoms with van der Waals surface area (Å²) >= 11 is 0. The van der Waals surface area contributed by atoms with E-state index in [0.29, 0.717) is 18.6 Å². The van der Waals surface area contributed by atoms with Crippen LogP contribution in [-0.2, 0) is 9.53 Å². The van der Waals surface area contributed by atoms with Crippen LogP contribution in [0.1, 0.15) is 27.2 Å². The van der Waals surface area contributed by atoms with Crippen LogP contribution in [0.2, 0.25) is 0 Å². The molecule has 0 atom stereocenters. The molecule has 0 spiro atoms. The van der Waals surface area contributed by atoms with Gasteiger partial charge in [0.2, 0.25) is 0 Å². The quantitative estimate of drug-likeness (QED) is 0.327. The molecule has 0 bridgehead atoms. The Labute approximate surface area is 154 Å². The molecule has 0 saturated carbocycles. The van der Waals surface area contributed by atoms with E-state index in [2.05, 4.69) is 43.0 Å². The second-order valence-corrected chi connectivity index (χ2v) is 7.24. The van der Waals surface area contributed by atoms with Gasteiger partial charge in [-0.2, -0.15) is 0 Å². The highest BCUT2D eigenvalue weighted by molar-refractivity contribution is 5.98. The maximum absolute atomic E-state index is 11.7. The third kappa shape index (κ3) is 4.23. The molecule has 3 aromatic carbocycles. The fraction of sp³-hybridized carbons (Fsp3) is 0.261. The fourth-order valence-corrected chi connectivity index (χ4v) is 2.81. The van der Waals surface area contributed by atoms with E-state index in [-0.39, 0.29) is 5.97 Å². The molecule has 0 heterocycles. The molecular formula is C23H24O3. The molecule has 0 N–H and O–H groups in total. The zero-order valence-corrected chi connectivity index (χ0v) is 15.5. The third-order valence-corrected chi connectivity index (χ3v) is 4.37. The normalized spacial score (nSPS) is 11.5. The molecule has 0 aromatic heterocycles. The number of ether oxygens (including phenoxy) is 2. The molecule has 26 heavy (non-hydrogen) atoms. The maximum Gasteiger partial charge on any atom is 0.333 e. The minimum atomic E-state index is -0.594. The number of carbonyl (C=O) groups excluding carboxylic acids is 1. The topological polar surface area (TPSA) is 35.5 Å². The Balaban J connectivity index is 1.68. The second-order valence-electron chi connectivity index (χ2n) is 7.24. The first-order valence-electron chi connectivity index (χ1n) is 8.78. The molecule has 3 nitrogen and oxygen atoms in total. The van der Waals surface area contributed by atoms with Crippen molar-refractivity contribution in [3.63, 3.8) is 0 Å². The lowest BCUT2D eigenvalue weighted by Gasteiger charge is -2.25. The first kappa shape index (κ1) is 18.0. The van der Waals surface area contributed by atoms with Gasteiger partial charge in [0, 0.05) is 12.0 Å². The molecular weight excluding hydrogens is 324 g/mol. The Morgan fingerprint density at radius 3 is 2.23 bits per heavy atom. The maximum atomic E-state index is 11.7. The van der Waals surface area contributed by atoms with Gasteiger partial charge >= 0.3 is 5.97 Å². The summed E-state index contributed by atoms with van der Waals surface area (Å²) in [6, 6.07) is 18.8. The van der Waals surface area contributed by atoms with E-state index < -0.39 is 5.60 Å². The summed E-state index contributed by atoms with van der Waals surface area (Å²) in [6.07, 6.45) is 0.599. The molecule has 0 unspecified atom stereocenters. The Kier molecular flexibility index (Phi) is 4.99. The van der Waals surface area contributed by atoms with Crippen molar-refractivity contribution in [2.45, 2.75) is 32.8 Å². The van der Waals surface area contributed by atoms with E-state index in [1.54, 1.807) is 6.92 Å². The fourth-order valence-electron chi connectivity index (χ4n) is 2.81. The van der Waals surface area contributed by atoms with Gasteiger partial charge in [0.25, 0.3) is 0 Å². The highest BCUT2D eigenvalue weighted by Gasteiger charge is 2.23. The monoisotopic (exact) mass is 348 g/mol. The molecule has 0 fully saturated rings. The summed E-state index contributed by atoms with van der Waals surface area (Å²) in [6.45, 7) is 9.48. The minimum Gasteiger partial charge on any atom is -0.493 e. The lowest BCUT2D eigenvalue weighted by atomic mass is 10.0. The van der Waals surface area contributed by atoms with E-state index in [1.807, 2.05) is 32.0 Å². The van der Waals surface area contributed by atoms with Gasteiger partial charge in [-0.3, -0.25) is 0 Å². The zero-order chi connectivity index (χ0) is 18.7. The molecule has 0 aliphatic carbocycles. The van der Waals surface area contributed by atoms with Gasteiger partial charge in [-0.25, -0.2) is 4.79 Å². The Morgan fingerprint density at radius 1 is 0.962 bits per heavy atom. The Bertz CT molecular complexity index is 970. The number of hydrogen-bond donors (Lipinski definition) is 0. The van der Waals surface area contributed by atoms with E-state index >= 15 is 0 Å². The van der Waals surface area contributed by atoms with Crippen LogP contribution < -0.4 is 4.74 Å². The smallest absolute Gasteiger partial charge is 0.333 e. The number of benzene rings is 3. The van der Waals surface area contributed by atoms with Gasteiger partial charge in [0.15, 0.2) is 0 Å². The van der Waals surface area contributed by atoms with Crippen molar-refractivity contribution in [3.8, 4) is 5.75 Å². The molecule has 0 aliphatic heterocycles. The molecule has 3 aromatic rings. The first-order chi connectivity index (χ1) is 12.3. The van der Waals surface area contributed by atoms with Crippen LogP contribution in [0.25, 0.3) is 21.5 Å². The largest absolute Gasteiger partial charge is 0.493 e. The van der Waals surface area contributed by atoms with Gasteiger partial charge in [-0.15, -0.1) is 0 Å². The molecule has 3 heteroatoms. The third-order valence-electron chi connectivity index (χ3n) is 4.37. The van der Waals surface area contributed by atoms with Crippen LogP contribution in [0, 0.1) is 0 Å². The molecule has 0 amide bonds. The summed E-state index contributed by atoms with van der Waals surface area (Å²) in [5.74, 6) is 0.447. The number of esters is 1. The Hall–Kier alpha value is -2.81. The van der Waals surface area contributed by atoms with Crippen LogP contribution in [-0.4, -0.2) is 18.2 Å². The Morgan fingerprint density at radius 2 is 1.58 bits per heavy atom. The lowest BCUT2D eigenvalue weighted by molar-refractivity contribution is -0.152. The molecule has 134 valence electrons. The van der Waals surface area contributed by atoms with Crippen molar-refractivity contribution >= 4 is 27.5 Å². The van der Waals surface area contributed by atoms with E-state index in [0.717, 1.165) is 11.1 Å². The predicted molar refractivity (Wildman–Crippen MR) is 107 cm³/mol. The summed E-state index contributed by atoms with van der Waals surface area (Å²) in [5, 5.41) is 4.78. The first-order valence-corrected chi connectivity index (χ1v) is 8.78. The van der Waals surface area contributed by atoms with Crippen LogP contribution in [0.4, 0.5) is 0 Å². The SMILES string of the molecule is C=C(C)C(=O)OC(C)(C)CCOc1ccc2cc3ccccc3cc2c1. The summed E-state index contributed by atoms with van der Waals surface area (Å²) in [7, 11) is 0. The zero-order valence-electron chi connectivity index (χ0n) is 15.5. The van der Waals surface area contributed by atoms with Crippen LogP contribution in [0.3, 0.4) is 0 Å². The number of hydrogen-bond acceptors (Lipinski definition) is 3. The number of carbonyl (C=O) groups is 1. The molecule has 3 rings (SSSR count). The highest BCUT2D eigenvalue weighted by atomic mass is 16.6. The lowest BCUT2D eigenvalue weighted by Crippen LogP contribution is -2.30. The van der Waals surface area contributed by atoms with Crippen LogP contribution in [0.15, 0.2) is 66.7 Å². The van der Waals surface area contributed by atoms with Crippen molar-refractivity contribution in [1.82, 2.24) is 0 Å². The number of rotatable bonds is 6. The summed E-state index contributed by atoms with van der Waals surface area (Å²) < 4.78 is 11.3. The van der Waals surface area contributed by atoms with Gasteiger partial charge < -0.3 is 9.47 Å². The van der Waals surface area contributed by atoms with Gasteiger partial charge in [0.05, 0.1) is 6.61 Å². The molecule has 0 radical (unpaired) electrons. The van der Waals surface area contributed by atoms with Crippen molar-refractivity contribution in [2.24, 2.45) is 0 Å². The van der Waals surface area contributed by atoms with Crippen molar-refractivity contribution < 1.29 is 14.3 Å². The predicted octanol–water partition coefficient (Wildman–Crippen LogP) is 5.66. The number of fused-ring (bicyclic) bond motifs is 2. The summed E-state index contributed by atoms with van der Waals surface area (Å²) in [5.41, 5.74) is -0.191. The summed E-state index contributed by atoms with van der Waals surface area (Å²) in [4.78, 5) is 11.7. The molecule has 0 aliphatic rings. The minimum absolute atomic E-state index is 0.368. The van der Waals surface area contributed by atoms with Gasteiger partial charge in [0.1, 0.15) is 11.4 Å². The second kappa shape index (κ2) is 7.20. The van der Waals surface area contributed by atoms with Crippen molar-refractivity contribution in [3.05, 3.63) is 66.7 Å². The molecule has 0 saturated heterocycles. The van der Waals surface area contributed by atoms with E-state index in [4.69, 9.17) is 9.47 Å². The van der Waals surface area contributed by atoms with Crippen molar-refractivity contribution in [2.75, 3.05) is 6.61 Å². The van der Waals surface area contributed by atoms with E-state index in [1.165, 1.54) is 16.2 Å². The van der Waals surface area contributed by atoms with E-state index in [9.17, 15) is 4.79 Å². The van der Waals surface area contributed by atoms with Gasteiger partial charge in [-0.1, -0.05) is 36.9 Å².